The molecule has 0 saturated heterocycles. The Kier molecular flexibility index (Phi) is 4.75. The lowest BCUT2D eigenvalue weighted by Crippen LogP contribution is -2.30. The highest BCUT2D eigenvalue weighted by Crippen LogP contribution is 2.43. The SMILES string of the molecule is CCCCN1C(=O)c2[nH]nc(-c3ccc(C)cc3)c2C1c1cccc(Cl)c1. The molecule has 1 aromatic heterocycles. The zero-order valence-corrected chi connectivity index (χ0v) is 16.3. The molecule has 0 fully saturated rings. The number of nitrogens with one attached hydrogen (secondary N) is 1. The maximum absolute atomic E-state index is 13.1. The third kappa shape index (κ3) is 3.15. The van der Waals surface area contributed by atoms with Crippen LogP contribution in [0.3, 0.4) is 0 Å². The molecular formula is C22H22ClN3O. The van der Waals surface area contributed by atoms with Crippen molar-refractivity contribution in [1.29, 1.82) is 0 Å². The second-order valence-electron chi connectivity index (χ2n) is 7.04. The molecule has 0 aliphatic carbocycles. The molecule has 1 aliphatic heterocycles. The van der Waals surface area contributed by atoms with Crippen LogP contribution in [-0.2, 0) is 0 Å². The number of aryl methyl sites for hydroxylation is 1. The largest absolute Gasteiger partial charge is 0.326 e. The van der Waals surface area contributed by atoms with Gasteiger partial charge < -0.3 is 4.90 Å². The van der Waals surface area contributed by atoms with Crippen LogP contribution in [0.4, 0.5) is 0 Å². The maximum atomic E-state index is 13.1. The molecule has 1 aliphatic rings. The van der Waals surface area contributed by atoms with Gasteiger partial charge in [0.2, 0.25) is 0 Å². The Morgan fingerprint density at radius 3 is 2.67 bits per heavy atom. The van der Waals surface area contributed by atoms with E-state index in [1.165, 1.54) is 5.56 Å². The van der Waals surface area contributed by atoms with Crippen molar-refractivity contribution in [3.05, 3.63) is 75.9 Å². The minimum Gasteiger partial charge on any atom is -0.326 e. The van der Waals surface area contributed by atoms with E-state index in [1.807, 2.05) is 29.2 Å². The van der Waals surface area contributed by atoms with Crippen molar-refractivity contribution in [2.24, 2.45) is 0 Å². The van der Waals surface area contributed by atoms with Crippen molar-refractivity contribution >= 4 is 17.5 Å². The van der Waals surface area contributed by atoms with Gasteiger partial charge >= 0.3 is 0 Å². The highest BCUT2D eigenvalue weighted by Gasteiger charge is 2.41. The molecule has 1 N–H and O–H groups in total. The van der Waals surface area contributed by atoms with E-state index >= 15 is 0 Å². The lowest BCUT2D eigenvalue weighted by Gasteiger charge is -2.26. The van der Waals surface area contributed by atoms with Crippen LogP contribution >= 0.6 is 11.6 Å². The number of hydrogen-bond donors (Lipinski definition) is 1. The summed E-state index contributed by atoms with van der Waals surface area (Å²) in [6.07, 6.45) is 1.99. The standard InChI is InChI=1S/C22H22ClN3O/c1-3-4-12-26-21(16-6-5-7-17(23)13-16)18-19(24-25-20(18)22(26)27)15-10-8-14(2)9-11-15/h5-11,13,21H,3-4,12H2,1-2H3,(H,24,25). The Labute approximate surface area is 164 Å². The number of benzene rings is 2. The van der Waals surface area contributed by atoms with Crippen molar-refractivity contribution in [3.8, 4) is 11.3 Å². The molecule has 4 nitrogen and oxygen atoms in total. The molecule has 138 valence electrons. The van der Waals surface area contributed by atoms with Crippen LogP contribution in [0.15, 0.2) is 48.5 Å². The van der Waals surface area contributed by atoms with Gasteiger partial charge in [-0.2, -0.15) is 5.10 Å². The van der Waals surface area contributed by atoms with Crippen LogP contribution in [0.2, 0.25) is 5.02 Å². The topological polar surface area (TPSA) is 49.0 Å². The first-order chi connectivity index (χ1) is 13.1. The van der Waals surface area contributed by atoms with E-state index < -0.39 is 0 Å². The average Bonchev–Trinajstić information content (AvgIpc) is 3.20. The quantitative estimate of drug-likeness (QED) is 0.646. The molecule has 1 amide bonds. The number of aromatic nitrogens is 2. The summed E-state index contributed by atoms with van der Waals surface area (Å²) < 4.78 is 0. The first-order valence-electron chi connectivity index (χ1n) is 9.32. The van der Waals surface area contributed by atoms with Crippen molar-refractivity contribution in [2.45, 2.75) is 32.7 Å². The van der Waals surface area contributed by atoms with E-state index in [0.717, 1.165) is 35.2 Å². The van der Waals surface area contributed by atoms with Crippen LogP contribution in [0, 0.1) is 6.92 Å². The molecule has 0 spiro atoms. The van der Waals surface area contributed by atoms with Gasteiger partial charge in [-0.25, -0.2) is 0 Å². The summed E-state index contributed by atoms with van der Waals surface area (Å²) in [5.74, 6) is 0.00860. The number of amides is 1. The van der Waals surface area contributed by atoms with Crippen molar-refractivity contribution in [1.82, 2.24) is 15.1 Å². The summed E-state index contributed by atoms with van der Waals surface area (Å²) in [4.78, 5) is 15.0. The minimum atomic E-state index is -0.173. The fourth-order valence-corrected chi connectivity index (χ4v) is 3.91. The number of unbranched alkanes of at least 4 members (excludes halogenated alkanes) is 1. The monoisotopic (exact) mass is 379 g/mol. The first kappa shape index (κ1) is 17.8. The Morgan fingerprint density at radius 1 is 1.19 bits per heavy atom. The molecule has 2 aromatic carbocycles. The Morgan fingerprint density at radius 2 is 1.96 bits per heavy atom. The van der Waals surface area contributed by atoms with Gasteiger partial charge in [0, 0.05) is 22.7 Å². The molecule has 27 heavy (non-hydrogen) atoms. The summed E-state index contributed by atoms with van der Waals surface area (Å²) in [7, 11) is 0. The van der Waals surface area contributed by atoms with Gasteiger partial charge in [0.15, 0.2) is 0 Å². The number of hydrogen-bond acceptors (Lipinski definition) is 2. The van der Waals surface area contributed by atoms with Crippen LogP contribution < -0.4 is 0 Å². The first-order valence-corrected chi connectivity index (χ1v) is 9.69. The van der Waals surface area contributed by atoms with Gasteiger partial charge in [-0.05, 0) is 31.0 Å². The number of carbonyl (C=O) groups excluding carboxylic acids is 1. The Bertz CT molecular complexity index is 977. The van der Waals surface area contributed by atoms with Gasteiger partial charge in [0.05, 0.1) is 11.7 Å². The number of H-pyrrole nitrogens is 1. The Balaban J connectivity index is 1.86. The lowest BCUT2D eigenvalue weighted by atomic mass is 9.95. The van der Waals surface area contributed by atoms with E-state index in [0.29, 0.717) is 17.3 Å². The fraction of sp³-hybridized carbons (Fsp3) is 0.273. The van der Waals surface area contributed by atoms with E-state index in [9.17, 15) is 4.79 Å². The molecule has 0 radical (unpaired) electrons. The van der Waals surface area contributed by atoms with Crippen molar-refractivity contribution in [3.63, 3.8) is 0 Å². The average molecular weight is 380 g/mol. The second-order valence-corrected chi connectivity index (χ2v) is 7.47. The third-order valence-corrected chi connectivity index (χ3v) is 5.34. The van der Waals surface area contributed by atoms with Crippen LogP contribution in [0.25, 0.3) is 11.3 Å². The summed E-state index contributed by atoms with van der Waals surface area (Å²) in [6, 6.07) is 15.8. The van der Waals surface area contributed by atoms with Gasteiger partial charge in [-0.15, -0.1) is 0 Å². The van der Waals surface area contributed by atoms with Crippen molar-refractivity contribution < 1.29 is 4.79 Å². The molecule has 3 aromatic rings. The zero-order chi connectivity index (χ0) is 19.0. The summed E-state index contributed by atoms with van der Waals surface area (Å²) in [5.41, 5.74) is 5.59. The third-order valence-electron chi connectivity index (χ3n) is 5.11. The molecule has 2 heterocycles. The number of halogens is 1. The molecule has 0 saturated carbocycles. The predicted octanol–water partition coefficient (Wildman–Crippen LogP) is 5.38. The van der Waals surface area contributed by atoms with E-state index in [-0.39, 0.29) is 11.9 Å². The van der Waals surface area contributed by atoms with Crippen LogP contribution in [0.1, 0.15) is 53.0 Å². The van der Waals surface area contributed by atoms with E-state index in [1.54, 1.807) is 0 Å². The zero-order valence-electron chi connectivity index (χ0n) is 15.5. The number of carbonyl (C=O) groups is 1. The second kappa shape index (κ2) is 7.20. The molecule has 5 heteroatoms. The number of nitrogens with zero attached hydrogens (tertiary/aromatic N) is 2. The predicted molar refractivity (Wildman–Crippen MR) is 108 cm³/mol. The smallest absolute Gasteiger partial charge is 0.273 e. The van der Waals surface area contributed by atoms with Gasteiger partial charge in [-0.3, -0.25) is 9.89 Å². The molecular weight excluding hydrogens is 358 g/mol. The van der Waals surface area contributed by atoms with E-state index in [2.05, 4.69) is 48.3 Å². The molecule has 4 rings (SSSR count). The summed E-state index contributed by atoms with van der Waals surface area (Å²) in [6.45, 7) is 4.90. The highest BCUT2D eigenvalue weighted by atomic mass is 35.5. The number of rotatable bonds is 5. The minimum absolute atomic E-state index is 0.00860. The highest BCUT2D eigenvalue weighted by molar-refractivity contribution is 6.30. The number of fused-ring (bicyclic) bond motifs is 1. The molecule has 0 bridgehead atoms. The lowest BCUT2D eigenvalue weighted by molar-refractivity contribution is 0.0741. The van der Waals surface area contributed by atoms with E-state index in [4.69, 9.17) is 11.6 Å². The maximum Gasteiger partial charge on any atom is 0.273 e. The van der Waals surface area contributed by atoms with Gasteiger partial charge in [-0.1, -0.05) is 66.9 Å². The van der Waals surface area contributed by atoms with Crippen molar-refractivity contribution in [2.75, 3.05) is 6.54 Å². The Hall–Kier alpha value is -2.59. The van der Waals surface area contributed by atoms with Crippen LogP contribution in [-0.4, -0.2) is 27.5 Å². The normalized spacial score (nSPS) is 16.0. The van der Waals surface area contributed by atoms with Crippen LogP contribution in [0.5, 0.6) is 0 Å². The number of aromatic amines is 1. The summed E-state index contributed by atoms with van der Waals surface area (Å²) in [5, 5.41) is 8.16. The fourth-order valence-electron chi connectivity index (χ4n) is 3.71. The molecule has 1 atom stereocenters. The summed E-state index contributed by atoms with van der Waals surface area (Å²) >= 11 is 6.26. The van der Waals surface area contributed by atoms with Gasteiger partial charge in [0.25, 0.3) is 5.91 Å². The molecule has 1 unspecified atom stereocenters. The van der Waals surface area contributed by atoms with Gasteiger partial charge in [0.1, 0.15) is 5.69 Å².